The monoisotopic (exact) mass is 286 g/mol. The van der Waals surface area contributed by atoms with Crippen LogP contribution in [0.25, 0.3) is 0 Å². The number of nitriles is 1. The lowest BCUT2D eigenvalue weighted by atomic mass is 9.87. The molecule has 1 atom stereocenters. The fraction of sp³-hybridized carbons (Fsp3) is 0.588. The molecule has 0 radical (unpaired) electrons. The predicted octanol–water partition coefficient (Wildman–Crippen LogP) is 1.65. The van der Waals surface area contributed by atoms with Crippen molar-refractivity contribution in [2.45, 2.75) is 18.9 Å². The van der Waals surface area contributed by atoms with Gasteiger partial charge < -0.3 is 9.80 Å². The summed E-state index contributed by atoms with van der Waals surface area (Å²) in [5.41, 5.74) is 0.503. The summed E-state index contributed by atoms with van der Waals surface area (Å²) >= 11 is 0. The highest BCUT2D eigenvalue weighted by Gasteiger charge is 2.31. The maximum Gasteiger partial charge on any atom is 0.133 e. The molecule has 1 aromatic rings. The van der Waals surface area contributed by atoms with Crippen molar-refractivity contribution in [3.63, 3.8) is 0 Å². The summed E-state index contributed by atoms with van der Waals surface area (Å²) < 4.78 is 0. The average Bonchev–Trinajstić information content (AvgIpc) is 2.54. The first kappa shape index (κ1) is 16.0. The lowest BCUT2D eigenvalue weighted by Crippen LogP contribution is -2.48. The van der Waals surface area contributed by atoms with E-state index in [4.69, 9.17) is 0 Å². The summed E-state index contributed by atoms with van der Waals surface area (Å²) in [6.45, 7) is 8.25. The van der Waals surface area contributed by atoms with E-state index >= 15 is 0 Å². The first-order chi connectivity index (χ1) is 10.2. The van der Waals surface area contributed by atoms with Crippen molar-refractivity contribution in [1.29, 1.82) is 5.26 Å². The van der Waals surface area contributed by atoms with Crippen LogP contribution in [-0.2, 0) is 5.54 Å². The Morgan fingerprint density at radius 1 is 1.19 bits per heavy atom. The van der Waals surface area contributed by atoms with Gasteiger partial charge in [-0.2, -0.15) is 5.26 Å². The third-order valence-corrected chi connectivity index (χ3v) is 4.33. The summed E-state index contributed by atoms with van der Waals surface area (Å²) in [6.07, 6.45) is 0.824. The Balaban J connectivity index is 2.05. The normalized spacial score (nSPS) is 19.9. The lowest BCUT2D eigenvalue weighted by molar-refractivity contribution is 0.144. The Morgan fingerprint density at radius 2 is 1.86 bits per heavy atom. The van der Waals surface area contributed by atoms with Gasteiger partial charge in [0.25, 0.3) is 0 Å². The molecule has 1 aliphatic rings. The van der Waals surface area contributed by atoms with Crippen LogP contribution in [0.15, 0.2) is 30.3 Å². The molecular formula is C17H26N4. The third-order valence-electron chi connectivity index (χ3n) is 4.33. The second kappa shape index (κ2) is 7.56. The van der Waals surface area contributed by atoms with Crippen molar-refractivity contribution in [2.24, 2.45) is 0 Å². The molecule has 1 N–H and O–H groups in total. The zero-order chi connectivity index (χ0) is 15.1. The molecule has 1 fully saturated rings. The molecule has 0 bridgehead atoms. The van der Waals surface area contributed by atoms with E-state index in [1.54, 1.807) is 0 Å². The van der Waals surface area contributed by atoms with Crippen molar-refractivity contribution in [2.75, 3.05) is 46.3 Å². The number of nitrogens with zero attached hydrogens (tertiary/aromatic N) is 3. The molecule has 1 unspecified atom stereocenters. The molecule has 0 amide bonds. The minimum absolute atomic E-state index is 0.570. The minimum atomic E-state index is -0.570. The standard InChI is InChI=1S/C17H26N4/c1-3-19-17(15-18,16-7-5-4-6-8-16)9-10-21-13-11-20(2)12-14-21/h4-8,19H,3,9-14H2,1-2H3. The highest BCUT2D eigenvalue weighted by atomic mass is 15.2. The Bertz CT molecular complexity index is 459. The van der Waals surface area contributed by atoms with Gasteiger partial charge in [0.05, 0.1) is 6.07 Å². The van der Waals surface area contributed by atoms with E-state index in [1.165, 1.54) is 0 Å². The SMILES string of the molecule is CCNC(C#N)(CCN1CCN(C)CC1)c1ccccc1. The smallest absolute Gasteiger partial charge is 0.133 e. The summed E-state index contributed by atoms with van der Waals surface area (Å²) in [5, 5.41) is 13.2. The molecule has 0 aliphatic carbocycles. The molecule has 2 rings (SSSR count). The van der Waals surface area contributed by atoms with E-state index in [1.807, 2.05) is 18.2 Å². The topological polar surface area (TPSA) is 42.3 Å². The van der Waals surface area contributed by atoms with Gasteiger partial charge in [0.2, 0.25) is 0 Å². The second-order valence-electron chi connectivity index (χ2n) is 5.81. The van der Waals surface area contributed by atoms with Crippen LogP contribution in [-0.4, -0.2) is 56.1 Å². The van der Waals surface area contributed by atoms with Crippen molar-refractivity contribution >= 4 is 0 Å². The minimum Gasteiger partial charge on any atom is -0.304 e. The van der Waals surface area contributed by atoms with Gasteiger partial charge >= 0.3 is 0 Å². The lowest BCUT2D eigenvalue weighted by Gasteiger charge is -2.35. The Kier molecular flexibility index (Phi) is 5.75. The van der Waals surface area contributed by atoms with Gasteiger partial charge in [-0.15, -0.1) is 0 Å². The van der Waals surface area contributed by atoms with Crippen LogP contribution >= 0.6 is 0 Å². The van der Waals surface area contributed by atoms with Crippen molar-refractivity contribution in [1.82, 2.24) is 15.1 Å². The highest BCUT2D eigenvalue weighted by Crippen LogP contribution is 2.25. The zero-order valence-electron chi connectivity index (χ0n) is 13.2. The third kappa shape index (κ3) is 4.04. The first-order valence-corrected chi connectivity index (χ1v) is 7.83. The van der Waals surface area contributed by atoms with Crippen LogP contribution in [0.1, 0.15) is 18.9 Å². The van der Waals surface area contributed by atoms with Gasteiger partial charge in [0, 0.05) is 32.7 Å². The van der Waals surface area contributed by atoms with E-state index in [9.17, 15) is 5.26 Å². The van der Waals surface area contributed by atoms with Crippen LogP contribution in [0, 0.1) is 11.3 Å². The van der Waals surface area contributed by atoms with Gasteiger partial charge in [-0.1, -0.05) is 37.3 Å². The summed E-state index contributed by atoms with van der Waals surface area (Å²) in [5.74, 6) is 0. The number of rotatable bonds is 6. The maximum atomic E-state index is 9.79. The number of likely N-dealkylation sites (N-methyl/N-ethyl adjacent to an activating group) is 1. The Morgan fingerprint density at radius 3 is 2.43 bits per heavy atom. The predicted molar refractivity (Wildman–Crippen MR) is 86.0 cm³/mol. The van der Waals surface area contributed by atoms with E-state index < -0.39 is 5.54 Å². The van der Waals surface area contributed by atoms with Gasteiger partial charge in [-0.05, 0) is 25.6 Å². The van der Waals surface area contributed by atoms with E-state index in [0.717, 1.165) is 51.3 Å². The Labute approximate surface area is 128 Å². The fourth-order valence-corrected chi connectivity index (χ4v) is 2.92. The van der Waals surface area contributed by atoms with Crippen molar-refractivity contribution in [3.05, 3.63) is 35.9 Å². The second-order valence-corrected chi connectivity index (χ2v) is 5.81. The van der Waals surface area contributed by atoms with Gasteiger partial charge in [0.15, 0.2) is 0 Å². The van der Waals surface area contributed by atoms with Crippen molar-refractivity contribution < 1.29 is 0 Å². The first-order valence-electron chi connectivity index (χ1n) is 7.83. The van der Waals surface area contributed by atoms with Crippen LogP contribution in [0.4, 0.5) is 0 Å². The van der Waals surface area contributed by atoms with Crippen LogP contribution < -0.4 is 5.32 Å². The van der Waals surface area contributed by atoms with Crippen LogP contribution in [0.3, 0.4) is 0 Å². The molecule has 1 heterocycles. The molecule has 1 aliphatic heterocycles. The largest absolute Gasteiger partial charge is 0.304 e. The summed E-state index contributed by atoms with van der Waals surface area (Å²) in [6, 6.07) is 12.7. The molecular weight excluding hydrogens is 260 g/mol. The van der Waals surface area contributed by atoms with Crippen LogP contribution in [0.2, 0.25) is 0 Å². The summed E-state index contributed by atoms with van der Waals surface area (Å²) in [7, 11) is 2.17. The summed E-state index contributed by atoms with van der Waals surface area (Å²) in [4.78, 5) is 4.82. The Hall–Kier alpha value is -1.41. The number of benzene rings is 1. The fourth-order valence-electron chi connectivity index (χ4n) is 2.92. The van der Waals surface area contributed by atoms with Gasteiger partial charge in [-0.3, -0.25) is 5.32 Å². The molecule has 0 spiro atoms. The molecule has 0 aromatic heterocycles. The molecule has 0 saturated carbocycles. The number of hydrogen-bond acceptors (Lipinski definition) is 4. The van der Waals surface area contributed by atoms with E-state index in [-0.39, 0.29) is 0 Å². The van der Waals surface area contributed by atoms with Gasteiger partial charge in [-0.25, -0.2) is 0 Å². The van der Waals surface area contributed by atoms with Crippen LogP contribution in [0.5, 0.6) is 0 Å². The average molecular weight is 286 g/mol. The molecule has 114 valence electrons. The molecule has 1 aromatic carbocycles. The zero-order valence-corrected chi connectivity index (χ0v) is 13.2. The van der Waals surface area contributed by atoms with E-state index in [0.29, 0.717) is 0 Å². The maximum absolute atomic E-state index is 9.79. The molecule has 4 heteroatoms. The molecule has 4 nitrogen and oxygen atoms in total. The quantitative estimate of drug-likeness (QED) is 0.863. The van der Waals surface area contributed by atoms with Crippen molar-refractivity contribution in [3.8, 4) is 6.07 Å². The number of nitrogens with one attached hydrogen (secondary N) is 1. The molecule has 21 heavy (non-hydrogen) atoms. The number of piperazine rings is 1. The highest BCUT2D eigenvalue weighted by molar-refractivity contribution is 5.31. The van der Waals surface area contributed by atoms with E-state index in [2.05, 4.69) is 47.3 Å². The molecule has 1 saturated heterocycles. The van der Waals surface area contributed by atoms with Gasteiger partial charge in [0.1, 0.15) is 5.54 Å². The number of hydrogen-bond donors (Lipinski definition) is 1.